The Balaban J connectivity index is 2.62. The number of thioether (sulfide) groups is 1. The van der Waals surface area contributed by atoms with Crippen molar-refractivity contribution < 1.29 is 19.1 Å². The third-order valence-corrected chi connectivity index (χ3v) is 3.97. The molecular weight excluding hydrogens is 334 g/mol. The number of ether oxygens (including phenoxy) is 1. The highest BCUT2D eigenvalue weighted by Crippen LogP contribution is 2.21. The van der Waals surface area contributed by atoms with Crippen LogP contribution in [0.1, 0.15) is 33.5 Å². The maximum absolute atomic E-state index is 12.0. The van der Waals surface area contributed by atoms with Gasteiger partial charge in [0.1, 0.15) is 12.2 Å². The zero-order chi connectivity index (χ0) is 18.3. The van der Waals surface area contributed by atoms with Gasteiger partial charge in [-0.05, 0) is 27.7 Å². The van der Waals surface area contributed by atoms with Crippen molar-refractivity contribution in [2.75, 3.05) is 6.61 Å². The fraction of sp³-hybridized carbons (Fsp3) is 0.643. The number of hydrogen-bond donors (Lipinski definition) is 2. The summed E-state index contributed by atoms with van der Waals surface area (Å²) < 4.78 is 6.49. The van der Waals surface area contributed by atoms with E-state index in [-0.39, 0.29) is 18.4 Å². The second-order valence-electron chi connectivity index (χ2n) is 5.32. The maximum atomic E-state index is 12.0. The van der Waals surface area contributed by atoms with E-state index in [1.54, 1.807) is 39.3 Å². The minimum Gasteiger partial charge on any atom is -0.466 e. The lowest BCUT2D eigenvalue weighted by molar-refractivity contribution is -0.142. The Labute approximate surface area is 144 Å². The van der Waals surface area contributed by atoms with Crippen LogP contribution in [0.3, 0.4) is 0 Å². The summed E-state index contributed by atoms with van der Waals surface area (Å²) in [6.07, 6.45) is 0.00920. The lowest BCUT2D eigenvalue weighted by Gasteiger charge is -2.13. The number of amides is 3. The van der Waals surface area contributed by atoms with Gasteiger partial charge in [-0.25, -0.2) is 4.79 Å². The van der Waals surface area contributed by atoms with Crippen LogP contribution in [0.25, 0.3) is 0 Å². The van der Waals surface area contributed by atoms with Gasteiger partial charge in [0.25, 0.3) is 0 Å². The summed E-state index contributed by atoms with van der Waals surface area (Å²) >= 11 is 1.15. The molecule has 0 saturated carbocycles. The molecule has 0 aliphatic carbocycles. The van der Waals surface area contributed by atoms with Crippen LogP contribution in [-0.2, 0) is 27.8 Å². The van der Waals surface area contributed by atoms with Gasteiger partial charge in [-0.1, -0.05) is 11.8 Å². The predicted molar refractivity (Wildman–Crippen MR) is 88.5 cm³/mol. The molecule has 24 heavy (non-hydrogen) atoms. The van der Waals surface area contributed by atoms with Crippen molar-refractivity contribution in [1.29, 1.82) is 0 Å². The molecule has 2 N–H and O–H groups in total. The molecule has 1 aromatic heterocycles. The monoisotopic (exact) mass is 357 g/mol. The van der Waals surface area contributed by atoms with E-state index in [0.717, 1.165) is 11.8 Å². The van der Waals surface area contributed by atoms with Crippen molar-refractivity contribution in [2.24, 2.45) is 7.05 Å². The minimum atomic E-state index is -0.554. The van der Waals surface area contributed by atoms with Crippen molar-refractivity contribution >= 4 is 29.7 Å². The first kappa shape index (κ1) is 19.9. The van der Waals surface area contributed by atoms with E-state index in [0.29, 0.717) is 17.6 Å². The van der Waals surface area contributed by atoms with Gasteiger partial charge in [-0.3, -0.25) is 14.9 Å². The first-order valence-electron chi connectivity index (χ1n) is 7.56. The molecule has 0 aliphatic heterocycles. The van der Waals surface area contributed by atoms with Crippen LogP contribution in [0.15, 0.2) is 5.16 Å². The van der Waals surface area contributed by atoms with Gasteiger partial charge in [0.15, 0.2) is 5.16 Å². The highest BCUT2D eigenvalue weighted by Gasteiger charge is 2.21. The molecule has 0 fully saturated rings. The van der Waals surface area contributed by atoms with Crippen LogP contribution in [0.4, 0.5) is 4.79 Å². The normalized spacial score (nSPS) is 11.9. The number of carbonyl (C=O) groups is 3. The largest absolute Gasteiger partial charge is 0.466 e. The highest BCUT2D eigenvalue weighted by atomic mass is 32.2. The zero-order valence-electron chi connectivity index (χ0n) is 14.5. The Morgan fingerprint density at radius 2 is 1.92 bits per heavy atom. The van der Waals surface area contributed by atoms with Crippen LogP contribution in [0.2, 0.25) is 0 Å². The Kier molecular flexibility index (Phi) is 7.69. The number of carbonyl (C=O) groups excluding carboxylic acids is 3. The van der Waals surface area contributed by atoms with E-state index in [2.05, 4.69) is 20.8 Å². The quantitative estimate of drug-likeness (QED) is 0.543. The number of rotatable bonds is 7. The van der Waals surface area contributed by atoms with Crippen LogP contribution in [0, 0.1) is 0 Å². The number of esters is 1. The molecule has 10 heteroatoms. The molecule has 3 amide bonds. The molecule has 0 bridgehead atoms. The average molecular weight is 357 g/mol. The summed E-state index contributed by atoms with van der Waals surface area (Å²) in [5.74, 6) is -0.380. The number of nitrogens with zero attached hydrogens (tertiary/aromatic N) is 3. The third-order valence-electron chi connectivity index (χ3n) is 2.84. The maximum Gasteiger partial charge on any atom is 0.321 e. The van der Waals surface area contributed by atoms with Crippen molar-refractivity contribution in [1.82, 2.24) is 25.4 Å². The molecule has 0 spiro atoms. The summed E-state index contributed by atoms with van der Waals surface area (Å²) in [6, 6.07) is -0.603. The number of aromatic nitrogens is 3. The smallest absolute Gasteiger partial charge is 0.321 e. The van der Waals surface area contributed by atoms with Crippen LogP contribution in [-0.4, -0.2) is 50.6 Å². The highest BCUT2D eigenvalue weighted by molar-refractivity contribution is 8.00. The number of urea groups is 1. The molecule has 134 valence electrons. The van der Waals surface area contributed by atoms with Crippen LogP contribution >= 0.6 is 11.8 Å². The second-order valence-corrected chi connectivity index (χ2v) is 6.63. The number of hydrogen-bond acceptors (Lipinski definition) is 7. The molecule has 1 rings (SSSR count). The molecule has 0 saturated heterocycles. The van der Waals surface area contributed by atoms with Gasteiger partial charge >= 0.3 is 12.0 Å². The third kappa shape index (κ3) is 6.19. The Hall–Kier alpha value is -2.10. The average Bonchev–Trinajstić information content (AvgIpc) is 2.79. The molecule has 1 atom stereocenters. The van der Waals surface area contributed by atoms with E-state index in [1.165, 1.54) is 0 Å². The van der Waals surface area contributed by atoms with Crippen molar-refractivity contribution in [2.45, 2.75) is 50.6 Å². The molecule has 1 aromatic rings. The van der Waals surface area contributed by atoms with Crippen molar-refractivity contribution in [3.05, 3.63) is 5.82 Å². The summed E-state index contributed by atoms with van der Waals surface area (Å²) in [5.41, 5.74) is 0. The van der Waals surface area contributed by atoms with Gasteiger partial charge in [0.2, 0.25) is 5.91 Å². The molecular formula is C14H23N5O4S. The van der Waals surface area contributed by atoms with Crippen molar-refractivity contribution in [3.8, 4) is 0 Å². The first-order valence-corrected chi connectivity index (χ1v) is 8.44. The van der Waals surface area contributed by atoms with Crippen LogP contribution < -0.4 is 10.6 Å². The Bertz CT molecular complexity index is 602. The second kappa shape index (κ2) is 9.26. The fourth-order valence-electron chi connectivity index (χ4n) is 1.67. The SMILES string of the molecule is CCOC(=O)Cc1nnc(S[C@H](C)C(=O)NC(=O)NC(C)C)n1C. The van der Waals surface area contributed by atoms with E-state index >= 15 is 0 Å². The fourth-order valence-corrected chi connectivity index (χ4v) is 2.50. The van der Waals surface area contributed by atoms with Gasteiger partial charge in [-0.2, -0.15) is 0 Å². The standard InChI is InChI=1S/C14H23N5O4S/c1-6-23-11(20)7-10-17-18-14(19(10)5)24-9(4)12(21)16-13(22)15-8(2)3/h8-9H,6-7H2,1-5H3,(H2,15,16,21,22)/t9-/m1/s1. The molecule has 1 heterocycles. The van der Waals surface area contributed by atoms with Gasteiger partial charge in [0, 0.05) is 13.1 Å². The Morgan fingerprint density at radius 3 is 2.50 bits per heavy atom. The first-order chi connectivity index (χ1) is 11.2. The summed E-state index contributed by atoms with van der Waals surface area (Å²) in [5, 5.41) is 12.7. The van der Waals surface area contributed by atoms with Gasteiger partial charge in [0.05, 0.1) is 11.9 Å². The van der Waals surface area contributed by atoms with E-state index in [4.69, 9.17) is 4.74 Å². The number of nitrogens with one attached hydrogen (secondary N) is 2. The van der Waals surface area contributed by atoms with Crippen molar-refractivity contribution in [3.63, 3.8) is 0 Å². The van der Waals surface area contributed by atoms with E-state index in [1.807, 2.05) is 0 Å². The predicted octanol–water partition coefficient (Wildman–Crippen LogP) is 0.635. The molecule has 0 radical (unpaired) electrons. The van der Waals surface area contributed by atoms with Crippen LogP contribution in [0.5, 0.6) is 0 Å². The molecule has 9 nitrogen and oxygen atoms in total. The number of imide groups is 1. The van der Waals surface area contributed by atoms with Gasteiger partial charge < -0.3 is 14.6 Å². The van der Waals surface area contributed by atoms with E-state index in [9.17, 15) is 14.4 Å². The summed E-state index contributed by atoms with van der Waals surface area (Å²) in [7, 11) is 1.70. The zero-order valence-corrected chi connectivity index (χ0v) is 15.3. The lowest BCUT2D eigenvalue weighted by atomic mass is 10.4. The minimum absolute atomic E-state index is 0.00920. The molecule has 0 aliphatic rings. The molecule has 0 unspecified atom stereocenters. The lowest BCUT2D eigenvalue weighted by Crippen LogP contribution is -2.45. The Morgan fingerprint density at radius 1 is 1.25 bits per heavy atom. The summed E-state index contributed by atoms with van der Waals surface area (Å²) in [6.45, 7) is 7.28. The topological polar surface area (TPSA) is 115 Å². The molecule has 0 aromatic carbocycles. The van der Waals surface area contributed by atoms with E-state index < -0.39 is 17.2 Å². The summed E-state index contributed by atoms with van der Waals surface area (Å²) in [4.78, 5) is 35.0. The van der Waals surface area contributed by atoms with Gasteiger partial charge in [-0.15, -0.1) is 10.2 Å².